The molecule has 0 aliphatic carbocycles. The van der Waals surface area contributed by atoms with Crippen LogP contribution in [0.2, 0.25) is 0 Å². The third-order valence-corrected chi connectivity index (χ3v) is 13.4. The first-order valence-electron chi connectivity index (χ1n) is 20.9. The van der Waals surface area contributed by atoms with Gasteiger partial charge in [0.05, 0.1) is 33.4 Å². The summed E-state index contributed by atoms with van der Waals surface area (Å²) >= 11 is 1.83. The summed E-state index contributed by atoms with van der Waals surface area (Å²) < 4.78 is 7.25. The van der Waals surface area contributed by atoms with E-state index in [2.05, 4.69) is 162 Å². The van der Waals surface area contributed by atoms with Gasteiger partial charge in [0.2, 0.25) is 0 Å². The van der Waals surface area contributed by atoms with E-state index in [-0.39, 0.29) is 0 Å². The minimum Gasteiger partial charge on any atom is -0.379 e. The van der Waals surface area contributed by atoms with Gasteiger partial charge in [0.1, 0.15) is 0 Å². The SMILES string of the molecule is C1=Cc2c(c3cc(-c4ccccc4-c4ncccn4)ccc3n2-c2ccc3sc4ccc(-n5c6ccc(-c7ccccc7-c7ncccn7)cc6c6ncccc65)cc4c3c2)NC1. The summed E-state index contributed by atoms with van der Waals surface area (Å²) in [5.74, 6) is 1.42. The molecule has 13 rings (SSSR count). The van der Waals surface area contributed by atoms with E-state index in [1.54, 1.807) is 24.8 Å². The Labute approximate surface area is 365 Å². The Balaban J connectivity index is 0.947. The number of thiophene rings is 1. The Morgan fingerprint density at radius 1 is 0.444 bits per heavy atom. The van der Waals surface area contributed by atoms with Gasteiger partial charge in [0, 0.05) is 91.0 Å². The number of anilines is 1. The average molecular weight is 827 g/mol. The van der Waals surface area contributed by atoms with Gasteiger partial charge in [0.15, 0.2) is 11.6 Å². The highest BCUT2D eigenvalue weighted by molar-refractivity contribution is 7.25. The van der Waals surface area contributed by atoms with Crippen molar-refractivity contribution in [3.8, 4) is 56.4 Å². The van der Waals surface area contributed by atoms with E-state index in [4.69, 9.17) is 4.98 Å². The summed E-state index contributed by atoms with van der Waals surface area (Å²) in [5, 5.41) is 8.43. The predicted molar refractivity (Wildman–Crippen MR) is 259 cm³/mol. The minimum absolute atomic E-state index is 0.705. The number of pyridine rings is 1. The molecule has 0 radical (unpaired) electrons. The van der Waals surface area contributed by atoms with Crippen LogP contribution in [0, 0.1) is 0 Å². The molecule has 63 heavy (non-hydrogen) atoms. The molecule has 8 nitrogen and oxygen atoms in total. The van der Waals surface area contributed by atoms with Crippen molar-refractivity contribution < 1.29 is 0 Å². The lowest BCUT2D eigenvalue weighted by Gasteiger charge is -2.13. The fourth-order valence-electron chi connectivity index (χ4n) is 9.48. The molecule has 0 bridgehead atoms. The molecule has 1 aliphatic rings. The molecule has 0 saturated carbocycles. The highest BCUT2D eigenvalue weighted by Gasteiger charge is 2.22. The number of nitrogens with one attached hydrogen (secondary N) is 1. The molecule has 0 saturated heterocycles. The average Bonchev–Trinajstić information content (AvgIpc) is 4.01. The lowest BCUT2D eigenvalue weighted by Crippen LogP contribution is -2.05. The van der Waals surface area contributed by atoms with E-state index in [1.165, 1.54) is 25.6 Å². The molecule has 0 atom stereocenters. The van der Waals surface area contributed by atoms with Crippen molar-refractivity contribution in [2.75, 3.05) is 11.9 Å². The molecule has 1 N–H and O–H groups in total. The maximum Gasteiger partial charge on any atom is 0.159 e. The minimum atomic E-state index is 0.705. The highest BCUT2D eigenvalue weighted by Crippen LogP contribution is 2.43. The van der Waals surface area contributed by atoms with Crippen molar-refractivity contribution >= 4 is 76.1 Å². The van der Waals surface area contributed by atoms with Crippen LogP contribution in [0.15, 0.2) is 183 Å². The third-order valence-electron chi connectivity index (χ3n) is 12.2. The van der Waals surface area contributed by atoms with Crippen LogP contribution in [0.3, 0.4) is 0 Å². The molecule has 0 amide bonds. The number of nitrogens with zero attached hydrogens (tertiary/aromatic N) is 7. The van der Waals surface area contributed by atoms with Gasteiger partial charge < -0.3 is 14.5 Å². The van der Waals surface area contributed by atoms with Gasteiger partial charge in [-0.2, -0.15) is 0 Å². The van der Waals surface area contributed by atoms with Gasteiger partial charge in [-0.1, -0.05) is 66.7 Å². The fraction of sp³-hybridized carbons (Fsp3) is 0.0185. The van der Waals surface area contributed by atoms with Crippen LogP contribution in [0.1, 0.15) is 5.69 Å². The number of aromatic nitrogens is 7. The first-order chi connectivity index (χ1) is 31.2. The Kier molecular flexibility index (Phi) is 7.97. The summed E-state index contributed by atoms with van der Waals surface area (Å²) in [6, 6.07) is 51.9. The Morgan fingerprint density at radius 3 is 1.63 bits per heavy atom. The maximum atomic E-state index is 4.95. The topological polar surface area (TPSA) is 86.3 Å². The summed E-state index contributed by atoms with van der Waals surface area (Å²) in [4.78, 5) is 23.3. The molecule has 296 valence electrons. The van der Waals surface area contributed by atoms with E-state index in [0.717, 1.165) is 90.1 Å². The zero-order chi connectivity index (χ0) is 41.4. The lowest BCUT2D eigenvalue weighted by atomic mass is 9.97. The number of hydrogen-bond acceptors (Lipinski definition) is 7. The zero-order valence-corrected chi connectivity index (χ0v) is 34.5. The molecule has 0 fully saturated rings. The molecular weight excluding hydrogens is 793 g/mol. The molecule has 1 aliphatic heterocycles. The smallest absolute Gasteiger partial charge is 0.159 e. The standard InChI is InChI=1S/C54H34N8S/c1-3-11-39(53-57-25-7-26-58-53)37(9-1)33-15-19-45-43(29-33)51-47(13-5-23-55-51)61(45)35-17-21-49-41(31-35)42-32-36(18-22-50(42)63-49)62-46-20-16-34(30-44(46)52-48(62)14-6-24-56-52)38-10-2-4-12-40(38)54-59-27-8-28-60-54/h1-23,25-32,56H,24H2. The molecular formula is C54H34N8S. The van der Waals surface area contributed by atoms with E-state index < -0.39 is 0 Å². The molecule has 12 aromatic rings. The largest absolute Gasteiger partial charge is 0.379 e. The Bertz CT molecular complexity index is 3810. The quantitative estimate of drug-likeness (QED) is 0.180. The van der Waals surface area contributed by atoms with Crippen molar-refractivity contribution in [2.45, 2.75) is 0 Å². The van der Waals surface area contributed by atoms with E-state index >= 15 is 0 Å². The first-order valence-corrected chi connectivity index (χ1v) is 21.8. The highest BCUT2D eigenvalue weighted by atomic mass is 32.1. The maximum absolute atomic E-state index is 4.95. The van der Waals surface area contributed by atoms with Crippen molar-refractivity contribution in [2.24, 2.45) is 0 Å². The predicted octanol–water partition coefficient (Wildman–Crippen LogP) is 13.2. The van der Waals surface area contributed by atoms with Gasteiger partial charge in [0.25, 0.3) is 0 Å². The van der Waals surface area contributed by atoms with Gasteiger partial charge in [-0.25, -0.2) is 19.9 Å². The van der Waals surface area contributed by atoms with E-state index in [9.17, 15) is 0 Å². The molecule has 9 heteroatoms. The number of fused-ring (bicyclic) bond motifs is 9. The molecule has 7 heterocycles. The summed E-state index contributed by atoms with van der Waals surface area (Å²) in [6.45, 7) is 0.775. The van der Waals surface area contributed by atoms with Gasteiger partial charge in [-0.05, 0) is 113 Å². The molecule has 0 unspecified atom stereocenters. The van der Waals surface area contributed by atoms with E-state index in [1.807, 2.05) is 47.9 Å². The Morgan fingerprint density at radius 2 is 1.00 bits per heavy atom. The van der Waals surface area contributed by atoms with Crippen LogP contribution in [-0.2, 0) is 0 Å². The van der Waals surface area contributed by atoms with Crippen LogP contribution in [0.25, 0.3) is 115 Å². The van der Waals surface area contributed by atoms with Crippen LogP contribution >= 0.6 is 11.3 Å². The molecule has 6 aromatic carbocycles. The second-order valence-electron chi connectivity index (χ2n) is 15.7. The second-order valence-corrected chi connectivity index (χ2v) is 16.8. The summed E-state index contributed by atoms with van der Waals surface area (Å²) in [5.41, 5.74) is 15.2. The van der Waals surface area contributed by atoms with Crippen molar-refractivity contribution in [1.82, 2.24) is 34.1 Å². The normalized spacial score (nSPS) is 12.4. The van der Waals surface area contributed by atoms with Gasteiger partial charge in [-0.15, -0.1) is 11.3 Å². The number of hydrogen-bond donors (Lipinski definition) is 1. The lowest BCUT2D eigenvalue weighted by molar-refractivity contribution is 1.10. The first kappa shape index (κ1) is 35.5. The van der Waals surface area contributed by atoms with Gasteiger partial charge >= 0.3 is 0 Å². The van der Waals surface area contributed by atoms with Crippen LogP contribution in [0.4, 0.5) is 5.69 Å². The fourth-order valence-corrected chi connectivity index (χ4v) is 10.5. The van der Waals surface area contributed by atoms with Crippen LogP contribution in [-0.4, -0.2) is 40.6 Å². The summed E-state index contributed by atoms with van der Waals surface area (Å²) in [7, 11) is 0. The monoisotopic (exact) mass is 826 g/mol. The van der Waals surface area contributed by atoms with Crippen molar-refractivity contribution in [3.05, 3.63) is 188 Å². The number of rotatable bonds is 6. The van der Waals surface area contributed by atoms with E-state index in [0.29, 0.717) is 11.6 Å². The van der Waals surface area contributed by atoms with Crippen molar-refractivity contribution in [1.29, 1.82) is 0 Å². The van der Waals surface area contributed by atoms with Crippen LogP contribution < -0.4 is 5.32 Å². The molecule has 6 aromatic heterocycles. The van der Waals surface area contributed by atoms with Gasteiger partial charge in [-0.3, -0.25) is 4.98 Å². The van der Waals surface area contributed by atoms with Crippen LogP contribution in [0.5, 0.6) is 0 Å². The number of benzene rings is 6. The van der Waals surface area contributed by atoms with Crippen molar-refractivity contribution in [3.63, 3.8) is 0 Å². The third kappa shape index (κ3) is 5.64. The molecule has 0 spiro atoms. The Hall–Kier alpha value is -8.27. The second kappa shape index (κ2) is 14.2. The summed E-state index contributed by atoms with van der Waals surface area (Å²) in [6.07, 6.45) is 13.5. The zero-order valence-electron chi connectivity index (χ0n) is 33.6.